The van der Waals surface area contributed by atoms with Crippen LogP contribution in [0.3, 0.4) is 0 Å². The van der Waals surface area contributed by atoms with E-state index in [4.69, 9.17) is 0 Å². The summed E-state index contributed by atoms with van der Waals surface area (Å²) in [6.07, 6.45) is 0.959. The van der Waals surface area contributed by atoms with Gasteiger partial charge in [-0.3, -0.25) is 4.79 Å². The molecular weight excluding hydrogens is 276 g/mol. The smallest absolute Gasteiger partial charge is 0.193 e. The first kappa shape index (κ1) is 12.1. The van der Waals surface area contributed by atoms with Gasteiger partial charge in [0, 0.05) is 15.6 Å². The van der Waals surface area contributed by atoms with Gasteiger partial charge in [-0.25, -0.2) is 0 Å². The van der Waals surface area contributed by atoms with E-state index in [9.17, 15) is 4.79 Å². The molecule has 0 aromatic heterocycles. The van der Waals surface area contributed by atoms with Crippen LogP contribution in [0.15, 0.2) is 53.0 Å². The summed E-state index contributed by atoms with van der Waals surface area (Å²) >= 11 is 3.50. The highest BCUT2D eigenvalue weighted by molar-refractivity contribution is 9.10. The third-order valence-corrected chi connectivity index (χ3v) is 3.47. The molecule has 0 atom stereocenters. The lowest BCUT2D eigenvalue weighted by molar-refractivity contribution is 0.103. The normalized spacial score (nSPS) is 10.2. The summed E-state index contributed by atoms with van der Waals surface area (Å²) in [7, 11) is 0. The molecule has 2 aromatic carbocycles. The van der Waals surface area contributed by atoms with Crippen LogP contribution in [0.1, 0.15) is 28.4 Å². The number of carbonyl (C=O) groups is 1. The fraction of sp³-hybridized carbons (Fsp3) is 0.133. The number of rotatable bonds is 3. The maximum absolute atomic E-state index is 12.2. The molecule has 0 aliphatic carbocycles. The van der Waals surface area contributed by atoms with E-state index in [1.807, 2.05) is 48.5 Å². The molecule has 0 aliphatic rings. The van der Waals surface area contributed by atoms with Crippen LogP contribution in [0, 0.1) is 0 Å². The Bertz CT molecular complexity index is 532. The third kappa shape index (κ3) is 2.64. The average molecular weight is 289 g/mol. The van der Waals surface area contributed by atoms with Crippen molar-refractivity contribution in [2.24, 2.45) is 0 Å². The van der Waals surface area contributed by atoms with Gasteiger partial charge in [0.25, 0.3) is 0 Å². The first-order chi connectivity index (χ1) is 8.22. The largest absolute Gasteiger partial charge is 0.289 e. The summed E-state index contributed by atoms with van der Waals surface area (Å²) in [4.78, 5) is 12.2. The second-order valence-corrected chi connectivity index (χ2v) is 4.71. The van der Waals surface area contributed by atoms with Gasteiger partial charge in [0.05, 0.1) is 0 Å². The van der Waals surface area contributed by atoms with Crippen molar-refractivity contribution in [3.8, 4) is 0 Å². The van der Waals surface area contributed by atoms with Crippen LogP contribution < -0.4 is 0 Å². The van der Waals surface area contributed by atoms with Gasteiger partial charge in [-0.1, -0.05) is 65.3 Å². The zero-order chi connectivity index (χ0) is 12.3. The van der Waals surface area contributed by atoms with Crippen LogP contribution in [0.25, 0.3) is 0 Å². The Hall–Kier alpha value is -1.41. The van der Waals surface area contributed by atoms with Gasteiger partial charge >= 0.3 is 0 Å². The summed E-state index contributed by atoms with van der Waals surface area (Å²) in [5.41, 5.74) is 2.67. The Morgan fingerprint density at radius 3 is 2.35 bits per heavy atom. The summed E-state index contributed by atoms with van der Waals surface area (Å²) in [5, 5.41) is 0. The molecule has 0 N–H and O–H groups in total. The molecule has 0 heterocycles. The summed E-state index contributed by atoms with van der Waals surface area (Å²) in [6, 6.07) is 15.1. The van der Waals surface area contributed by atoms with E-state index in [2.05, 4.69) is 22.9 Å². The van der Waals surface area contributed by atoms with Gasteiger partial charge < -0.3 is 0 Å². The zero-order valence-electron chi connectivity index (χ0n) is 9.61. The number of benzene rings is 2. The summed E-state index contributed by atoms with van der Waals surface area (Å²) < 4.78 is 1.00. The third-order valence-electron chi connectivity index (χ3n) is 2.73. The van der Waals surface area contributed by atoms with Crippen molar-refractivity contribution >= 4 is 21.7 Å². The van der Waals surface area contributed by atoms with Crippen molar-refractivity contribution in [1.82, 2.24) is 0 Å². The van der Waals surface area contributed by atoms with E-state index in [-0.39, 0.29) is 5.78 Å². The minimum Gasteiger partial charge on any atom is -0.289 e. The van der Waals surface area contributed by atoms with Crippen molar-refractivity contribution in [2.75, 3.05) is 0 Å². The minimum atomic E-state index is 0.0638. The zero-order valence-corrected chi connectivity index (χ0v) is 11.2. The Kier molecular flexibility index (Phi) is 3.75. The first-order valence-corrected chi connectivity index (χ1v) is 6.40. The van der Waals surface area contributed by atoms with E-state index < -0.39 is 0 Å². The molecular formula is C15H13BrO. The van der Waals surface area contributed by atoms with Crippen molar-refractivity contribution < 1.29 is 4.79 Å². The van der Waals surface area contributed by atoms with Crippen molar-refractivity contribution in [1.29, 1.82) is 0 Å². The van der Waals surface area contributed by atoms with Gasteiger partial charge in [-0.05, 0) is 18.1 Å². The number of halogens is 1. The van der Waals surface area contributed by atoms with Gasteiger partial charge in [0.15, 0.2) is 5.78 Å². The fourth-order valence-electron chi connectivity index (χ4n) is 1.73. The Morgan fingerprint density at radius 1 is 1.06 bits per heavy atom. The molecule has 0 fully saturated rings. The standard InChI is InChI=1S/C15H13BrO/c1-2-11-8-9-13(10-14(11)16)15(17)12-6-4-3-5-7-12/h3-10H,2H2,1H3. The highest BCUT2D eigenvalue weighted by atomic mass is 79.9. The molecule has 0 saturated carbocycles. The van der Waals surface area contributed by atoms with Crippen LogP contribution in [-0.2, 0) is 6.42 Å². The van der Waals surface area contributed by atoms with E-state index in [0.717, 1.165) is 22.0 Å². The predicted octanol–water partition coefficient (Wildman–Crippen LogP) is 4.24. The average Bonchev–Trinajstić information content (AvgIpc) is 2.39. The number of ketones is 1. The maximum Gasteiger partial charge on any atom is 0.193 e. The molecule has 17 heavy (non-hydrogen) atoms. The van der Waals surface area contributed by atoms with E-state index >= 15 is 0 Å². The molecule has 0 saturated heterocycles. The number of hydrogen-bond donors (Lipinski definition) is 0. The van der Waals surface area contributed by atoms with Crippen LogP contribution in [0.2, 0.25) is 0 Å². The Balaban J connectivity index is 2.35. The van der Waals surface area contributed by atoms with E-state index in [0.29, 0.717) is 0 Å². The van der Waals surface area contributed by atoms with Crippen molar-refractivity contribution in [3.63, 3.8) is 0 Å². The van der Waals surface area contributed by atoms with Gasteiger partial charge in [0.1, 0.15) is 0 Å². The lowest BCUT2D eigenvalue weighted by Gasteiger charge is -2.05. The number of aryl methyl sites for hydroxylation is 1. The molecule has 86 valence electrons. The molecule has 2 rings (SSSR count). The molecule has 0 amide bonds. The molecule has 0 aliphatic heterocycles. The second kappa shape index (κ2) is 5.28. The molecule has 1 nitrogen and oxygen atoms in total. The van der Waals surface area contributed by atoms with Crippen molar-refractivity contribution in [3.05, 3.63) is 69.7 Å². The first-order valence-electron chi connectivity index (χ1n) is 5.60. The minimum absolute atomic E-state index is 0.0638. The highest BCUT2D eigenvalue weighted by Gasteiger charge is 2.09. The molecule has 0 bridgehead atoms. The quantitative estimate of drug-likeness (QED) is 0.772. The lowest BCUT2D eigenvalue weighted by Crippen LogP contribution is -2.01. The monoisotopic (exact) mass is 288 g/mol. The van der Waals surface area contributed by atoms with E-state index in [1.165, 1.54) is 5.56 Å². The number of carbonyl (C=O) groups excluding carboxylic acids is 1. The predicted molar refractivity (Wildman–Crippen MR) is 73.4 cm³/mol. The SMILES string of the molecule is CCc1ccc(C(=O)c2ccccc2)cc1Br. The van der Waals surface area contributed by atoms with Gasteiger partial charge in [-0.15, -0.1) is 0 Å². The summed E-state index contributed by atoms with van der Waals surface area (Å²) in [6.45, 7) is 2.10. The Labute approximate surface area is 110 Å². The van der Waals surface area contributed by atoms with Crippen LogP contribution >= 0.6 is 15.9 Å². The van der Waals surface area contributed by atoms with Crippen LogP contribution in [0.5, 0.6) is 0 Å². The van der Waals surface area contributed by atoms with Crippen molar-refractivity contribution in [2.45, 2.75) is 13.3 Å². The molecule has 2 aromatic rings. The van der Waals surface area contributed by atoms with Gasteiger partial charge in [-0.2, -0.15) is 0 Å². The topological polar surface area (TPSA) is 17.1 Å². The molecule has 0 unspecified atom stereocenters. The van der Waals surface area contributed by atoms with E-state index in [1.54, 1.807) is 0 Å². The van der Waals surface area contributed by atoms with Crippen LogP contribution in [0.4, 0.5) is 0 Å². The number of hydrogen-bond acceptors (Lipinski definition) is 1. The Morgan fingerprint density at radius 2 is 1.76 bits per heavy atom. The van der Waals surface area contributed by atoms with Gasteiger partial charge in [0.2, 0.25) is 0 Å². The highest BCUT2D eigenvalue weighted by Crippen LogP contribution is 2.20. The lowest BCUT2D eigenvalue weighted by atomic mass is 10.0. The molecule has 0 radical (unpaired) electrons. The molecule has 2 heteroatoms. The fourth-order valence-corrected chi connectivity index (χ4v) is 2.39. The van der Waals surface area contributed by atoms with Crippen LogP contribution in [-0.4, -0.2) is 5.78 Å². The summed E-state index contributed by atoms with van der Waals surface area (Å²) in [5.74, 6) is 0.0638. The second-order valence-electron chi connectivity index (χ2n) is 3.85. The maximum atomic E-state index is 12.2. The molecule has 0 spiro atoms.